The molecule has 3 aromatic carbocycles. The van der Waals surface area contributed by atoms with E-state index in [1.54, 1.807) is 0 Å². The number of para-hydroxylation sites is 2. The van der Waals surface area contributed by atoms with Crippen LogP contribution in [-0.2, 0) is 0 Å². The molecule has 0 atom stereocenters. The molecule has 1 aliphatic rings. The number of aromatic nitrogens is 2. The van der Waals surface area contributed by atoms with Crippen molar-refractivity contribution in [3.63, 3.8) is 0 Å². The van der Waals surface area contributed by atoms with E-state index in [-0.39, 0.29) is 0 Å². The molecular formula is C29H30N4. The quantitative estimate of drug-likeness (QED) is 0.323. The summed E-state index contributed by atoms with van der Waals surface area (Å²) in [7, 11) is 0. The van der Waals surface area contributed by atoms with Crippen molar-refractivity contribution in [3.8, 4) is 11.3 Å². The highest BCUT2D eigenvalue weighted by Gasteiger charge is 2.32. The fraction of sp³-hybridized carbons (Fsp3) is 0.241. The molecule has 4 heteroatoms. The predicted molar refractivity (Wildman–Crippen MR) is 138 cm³/mol. The summed E-state index contributed by atoms with van der Waals surface area (Å²) in [6, 6.07) is 27.5. The summed E-state index contributed by atoms with van der Waals surface area (Å²) in [6.07, 6.45) is 1.95. The molecule has 0 spiro atoms. The molecule has 0 amide bonds. The van der Waals surface area contributed by atoms with Gasteiger partial charge in [0, 0.05) is 16.9 Å². The molecule has 0 saturated carbocycles. The fourth-order valence-electron chi connectivity index (χ4n) is 4.61. The Morgan fingerprint density at radius 1 is 0.636 bits per heavy atom. The van der Waals surface area contributed by atoms with Crippen LogP contribution in [0.15, 0.2) is 85.1 Å². The standard InChI is InChI=1S/C29H30N4/c1-20(2)24-16-11-17-25(21(3)4)27(24)26-18-30-28-29(31-26)33(23-14-9-6-10-15-23)19-32(28)22-12-7-5-8-13-22/h5-18,20-21H,19H2,1-4H3. The first-order valence-corrected chi connectivity index (χ1v) is 11.7. The SMILES string of the molecule is CC(C)c1cccc(C(C)C)c1-c1cnc2c(n1)N(c1ccccc1)CN2c1ccccc1. The van der Waals surface area contributed by atoms with Crippen LogP contribution in [0.5, 0.6) is 0 Å². The lowest BCUT2D eigenvalue weighted by molar-refractivity contribution is 0.836. The van der Waals surface area contributed by atoms with Crippen LogP contribution in [0.3, 0.4) is 0 Å². The van der Waals surface area contributed by atoms with Crippen LogP contribution in [-0.4, -0.2) is 16.6 Å². The van der Waals surface area contributed by atoms with Gasteiger partial charge in [0.15, 0.2) is 11.6 Å². The number of hydrogen-bond donors (Lipinski definition) is 0. The van der Waals surface area contributed by atoms with Crippen molar-refractivity contribution in [1.82, 2.24) is 9.97 Å². The lowest BCUT2D eigenvalue weighted by atomic mass is 9.87. The number of nitrogens with zero attached hydrogens (tertiary/aromatic N) is 4. The molecule has 0 unspecified atom stereocenters. The van der Waals surface area contributed by atoms with Crippen molar-refractivity contribution in [1.29, 1.82) is 0 Å². The van der Waals surface area contributed by atoms with Gasteiger partial charge in [0.2, 0.25) is 0 Å². The molecule has 166 valence electrons. The van der Waals surface area contributed by atoms with Gasteiger partial charge in [-0.15, -0.1) is 0 Å². The Morgan fingerprint density at radius 2 is 1.15 bits per heavy atom. The van der Waals surface area contributed by atoms with Gasteiger partial charge >= 0.3 is 0 Å². The predicted octanol–water partition coefficient (Wildman–Crippen LogP) is 7.64. The van der Waals surface area contributed by atoms with E-state index in [9.17, 15) is 0 Å². The number of hydrogen-bond acceptors (Lipinski definition) is 4. The maximum Gasteiger partial charge on any atom is 0.179 e. The Kier molecular flexibility index (Phi) is 5.59. The summed E-state index contributed by atoms with van der Waals surface area (Å²) >= 11 is 0. The molecule has 1 aromatic heterocycles. The Bertz CT molecular complexity index is 1220. The third-order valence-electron chi connectivity index (χ3n) is 6.29. The summed E-state index contributed by atoms with van der Waals surface area (Å²) in [5, 5.41) is 0. The highest BCUT2D eigenvalue weighted by molar-refractivity contribution is 5.84. The van der Waals surface area contributed by atoms with Crippen LogP contribution in [0.25, 0.3) is 11.3 Å². The molecule has 2 heterocycles. The topological polar surface area (TPSA) is 32.3 Å². The van der Waals surface area contributed by atoms with Crippen molar-refractivity contribution in [2.75, 3.05) is 16.5 Å². The molecule has 4 nitrogen and oxygen atoms in total. The second-order valence-electron chi connectivity index (χ2n) is 9.19. The van der Waals surface area contributed by atoms with Crippen LogP contribution >= 0.6 is 0 Å². The van der Waals surface area contributed by atoms with E-state index in [4.69, 9.17) is 9.97 Å². The smallest absolute Gasteiger partial charge is 0.179 e. The molecule has 0 fully saturated rings. The number of fused-ring (bicyclic) bond motifs is 1. The average molecular weight is 435 g/mol. The van der Waals surface area contributed by atoms with Crippen molar-refractivity contribution in [2.45, 2.75) is 39.5 Å². The Labute approximate surface area is 196 Å². The normalized spacial score (nSPS) is 13.2. The van der Waals surface area contributed by atoms with Gasteiger partial charge in [-0.3, -0.25) is 0 Å². The summed E-state index contributed by atoms with van der Waals surface area (Å²) in [5.41, 5.74) is 7.04. The minimum absolute atomic E-state index is 0.403. The first-order chi connectivity index (χ1) is 16.0. The third-order valence-corrected chi connectivity index (χ3v) is 6.29. The van der Waals surface area contributed by atoms with E-state index in [0.717, 1.165) is 28.7 Å². The molecule has 0 radical (unpaired) electrons. The molecule has 33 heavy (non-hydrogen) atoms. The van der Waals surface area contributed by atoms with E-state index in [2.05, 4.69) is 104 Å². The first kappa shape index (κ1) is 21.2. The van der Waals surface area contributed by atoms with Gasteiger partial charge in [0.05, 0.1) is 11.9 Å². The minimum atomic E-state index is 0.403. The maximum absolute atomic E-state index is 5.26. The Hall–Kier alpha value is -3.66. The minimum Gasteiger partial charge on any atom is -0.305 e. The van der Waals surface area contributed by atoms with Crippen molar-refractivity contribution in [2.24, 2.45) is 0 Å². The van der Waals surface area contributed by atoms with E-state index in [0.29, 0.717) is 18.5 Å². The van der Waals surface area contributed by atoms with E-state index in [1.165, 1.54) is 16.7 Å². The molecule has 0 N–H and O–H groups in total. The van der Waals surface area contributed by atoms with Gasteiger partial charge in [-0.05, 0) is 47.2 Å². The Morgan fingerprint density at radius 3 is 1.67 bits per heavy atom. The maximum atomic E-state index is 5.26. The van der Waals surface area contributed by atoms with Gasteiger partial charge in [-0.2, -0.15) is 0 Å². The van der Waals surface area contributed by atoms with Crippen molar-refractivity contribution < 1.29 is 0 Å². The molecule has 0 saturated heterocycles. The van der Waals surface area contributed by atoms with Crippen molar-refractivity contribution in [3.05, 3.63) is 96.2 Å². The number of rotatable bonds is 5. The zero-order valence-electron chi connectivity index (χ0n) is 19.7. The van der Waals surface area contributed by atoms with Gasteiger partial charge in [0.1, 0.15) is 6.67 Å². The number of anilines is 4. The lowest BCUT2D eigenvalue weighted by Crippen LogP contribution is -2.24. The van der Waals surface area contributed by atoms with Crippen molar-refractivity contribution >= 4 is 23.0 Å². The van der Waals surface area contributed by atoms with Crippen LogP contribution < -0.4 is 9.80 Å². The zero-order valence-corrected chi connectivity index (χ0v) is 19.7. The van der Waals surface area contributed by atoms with E-state index in [1.807, 2.05) is 18.3 Å². The van der Waals surface area contributed by atoms with Crippen LogP contribution in [0, 0.1) is 0 Å². The van der Waals surface area contributed by atoms with Gasteiger partial charge < -0.3 is 9.80 Å². The molecule has 0 bridgehead atoms. The van der Waals surface area contributed by atoms with Crippen LogP contribution in [0.1, 0.15) is 50.7 Å². The van der Waals surface area contributed by atoms with Gasteiger partial charge in [-0.1, -0.05) is 82.3 Å². The summed E-state index contributed by atoms with van der Waals surface area (Å²) in [6.45, 7) is 9.66. The molecule has 0 aliphatic carbocycles. The molecule has 5 rings (SSSR count). The monoisotopic (exact) mass is 434 g/mol. The highest BCUT2D eigenvalue weighted by Crippen LogP contribution is 2.43. The first-order valence-electron chi connectivity index (χ1n) is 11.7. The molecule has 1 aliphatic heterocycles. The molecule has 4 aromatic rings. The van der Waals surface area contributed by atoms with E-state index < -0.39 is 0 Å². The average Bonchev–Trinajstić information content (AvgIpc) is 3.23. The Balaban J connectivity index is 1.70. The second kappa shape index (κ2) is 8.70. The summed E-state index contributed by atoms with van der Waals surface area (Å²) in [5.74, 6) is 2.59. The summed E-state index contributed by atoms with van der Waals surface area (Å²) in [4.78, 5) is 14.7. The molecular weight excluding hydrogens is 404 g/mol. The summed E-state index contributed by atoms with van der Waals surface area (Å²) < 4.78 is 0. The third kappa shape index (κ3) is 3.86. The van der Waals surface area contributed by atoms with Gasteiger partial charge in [-0.25, -0.2) is 9.97 Å². The second-order valence-corrected chi connectivity index (χ2v) is 9.19. The van der Waals surface area contributed by atoms with Crippen LogP contribution in [0.2, 0.25) is 0 Å². The van der Waals surface area contributed by atoms with Gasteiger partial charge in [0.25, 0.3) is 0 Å². The van der Waals surface area contributed by atoms with Crippen LogP contribution in [0.4, 0.5) is 23.0 Å². The van der Waals surface area contributed by atoms with E-state index >= 15 is 0 Å². The highest BCUT2D eigenvalue weighted by atomic mass is 15.4. The number of benzene rings is 3. The zero-order chi connectivity index (χ0) is 22.9. The fourth-order valence-corrected chi connectivity index (χ4v) is 4.61. The lowest BCUT2D eigenvalue weighted by Gasteiger charge is -2.21. The largest absolute Gasteiger partial charge is 0.305 e.